The third-order valence-electron chi connectivity index (χ3n) is 6.66. The normalized spacial score (nSPS) is 11.8. The summed E-state index contributed by atoms with van der Waals surface area (Å²) in [4.78, 5) is 34.9. The van der Waals surface area contributed by atoms with Gasteiger partial charge in [-0.15, -0.1) is 0 Å². The molecule has 3 aromatic carbocycles. The lowest BCUT2D eigenvalue weighted by Gasteiger charge is -2.16. The second-order valence-electron chi connectivity index (χ2n) is 9.40. The van der Waals surface area contributed by atoms with Crippen molar-refractivity contribution in [2.75, 3.05) is 5.32 Å². The Bertz CT molecular complexity index is 1710. The van der Waals surface area contributed by atoms with Crippen LogP contribution in [0.2, 0.25) is 0 Å². The lowest BCUT2D eigenvalue weighted by molar-refractivity contribution is -0.137. The number of nitrogens with zero attached hydrogens (tertiary/aromatic N) is 2. The van der Waals surface area contributed by atoms with E-state index in [1.165, 1.54) is 18.3 Å². The van der Waals surface area contributed by atoms with Gasteiger partial charge in [0.25, 0.3) is 11.8 Å². The van der Waals surface area contributed by atoms with Gasteiger partial charge >= 0.3 is 6.18 Å². The minimum absolute atomic E-state index is 0. The molecule has 9 heteroatoms. The van der Waals surface area contributed by atoms with Crippen molar-refractivity contribution in [3.63, 3.8) is 0 Å². The number of pyridine rings is 2. The zero-order chi connectivity index (χ0) is 29.0. The Hall–Kier alpha value is -5.05. The first-order chi connectivity index (χ1) is 19.7. The molecule has 0 saturated heterocycles. The Balaban J connectivity index is 0.00000405. The van der Waals surface area contributed by atoms with Gasteiger partial charge in [-0.05, 0) is 66.1 Å². The van der Waals surface area contributed by atoms with Crippen LogP contribution in [0.1, 0.15) is 58.8 Å². The van der Waals surface area contributed by atoms with E-state index >= 15 is 0 Å². The molecule has 0 saturated carbocycles. The summed E-state index contributed by atoms with van der Waals surface area (Å²) in [6.45, 7) is 1.97. The molecular formula is C33H29F3N4O2. The van der Waals surface area contributed by atoms with Crippen LogP contribution in [0.25, 0.3) is 22.0 Å². The highest BCUT2D eigenvalue weighted by Crippen LogP contribution is 2.32. The van der Waals surface area contributed by atoms with Gasteiger partial charge in [-0.25, -0.2) is 0 Å². The van der Waals surface area contributed by atoms with Crippen LogP contribution < -0.4 is 10.6 Å². The molecule has 0 radical (unpaired) electrons. The number of amides is 2. The highest BCUT2D eigenvalue weighted by atomic mass is 19.4. The van der Waals surface area contributed by atoms with Gasteiger partial charge in [-0.3, -0.25) is 19.6 Å². The first-order valence-electron chi connectivity index (χ1n) is 12.9. The van der Waals surface area contributed by atoms with Crippen molar-refractivity contribution in [1.82, 2.24) is 15.3 Å². The van der Waals surface area contributed by atoms with Crippen LogP contribution in [-0.2, 0) is 6.18 Å². The van der Waals surface area contributed by atoms with Crippen molar-refractivity contribution in [2.45, 2.75) is 33.0 Å². The maximum Gasteiger partial charge on any atom is 0.416 e. The predicted octanol–water partition coefficient (Wildman–Crippen LogP) is 8.09. The largest absolute Gasteiger partial charge is 0.416 e. The molecule has 214 valence electrons. The zero-order valence-corrected chi connectivity index (χ0v) is 21.9. The van der Waals surface area contributed by atoms with E-state index in [4.69, 9.17) is 0 Å². The van der Waals surface area contributed by atoms with Crippen LogP contribution in [0.15, 0.2) is 103 Å². The van der Waals surface area contributed by atoms with Crippen molar-refractivity contribution in [1.29, 1.82) is 0 Å². The molecule has 0 bridgehead atoms. The Morgan fingerprint density at radius 3 is 2.29 bits per heavy atom. The van der Waals surface area contributed by atoms with Crippen LogP contribution in [0.3, 0.4) is 0 Å². The maximum absolute atomic E-state index is 13.2. The van der Waals surface area contributed by atoms with Gasteiger partial charge < -0.3 is 10.6 Å². The lowest BCUT2D eigenvalue weighted by Crippen LogP contribution is -2.28. The molecule has 0 spiro atoms. The number of anilines is 1. The molecule has 5 aromatic rings. The summed E-state index contributed by atoms with van der Waals surface area (Å²) in [5, 5.41) is 6.55. The Labute approximate surface area is 241 Å². The molecule has 2 N–H and O–H groups in total. The Kier molecular flexibility index (Phi) is 9.00. The number of halogens is 3. The van der Waals surface area contributed by atoms with Gasteiger partial charge in [0.15, 0.2) is 0 Å². The molecule has 6 nitrogen and oxygen atoms in total. The summed E-state index contributed by atoms with van der Waals surface area (Å²) in [6.07, 6.45) is -0.601. The van der Waals surface area contributed by atoms with E-state index in [1.807, 2.05) is 25.1 Å². The number of aromatic nitrogens is 2. The van der Waals surface area contributed by atoms with Crippen LogP contribution in [-0.4, -0.2) is 21.8 Å². The number of benzene rings is 3. The maximum atomic E-state index is 13.2. The fraction of sp³-hybridized carbons (Fsp3) is 0.152. The summed E-state index contributed by atoms with van der Waals surface area (Å²) in [6, 6.07) is 23.6. The van der Waals surface area contributed by atoms with Gasteiger partial charge in [0, 0.05) is 29.0 Å². The van der Waals surface area contributed by atoms with Gasteiger partial charge in [-0.1, -0.05) is 56.8 Å². The van der Waals surface area contributed by atoms with Crippen LogP contribution in [0.4, 0.5) is 18.9 Å². The van der Waals surface area contributed by atoms with Gasteiger partial charge in [-0.2, -0.15) is 13.2 Å². The summed E-state index contributed by atoms with van der Waals surface area (Å²) in [5.41, 5.74) is 2.78. The highest BCUT2D eigenvalue weighted by Gasteiger charge is 2.30. The average molecular weight is 571 g/mol. The number of alkyl halides is 3. The van der Waals surface area contributed by atoms with Crippen molar-refractivity contribution in [2.24, 2.45) is 0 Å². The first-order valence-corrected chi connectivity index (χ1v) is 12.9. The number of rotatable bonds is 7. The molecule has 1 atom stereocenters. The quantitative estimate of drug-likeness (QED) is 0.207. The molecule has 2 amide bonds. The third kappa shape index (κ3) is 6.63. The first kappa shape index (κ1) is 29.9. The summed E-state index contributed by atoms with van der Waals surface area (Å²) in [5.74, 6) is -0.690. The minimum atomic E-state index is -4.44. The average Bonchev–Trinajstić information content (AvgIpc) is 2.99. The molecule has 5 rings (SSSR count). The van der Waals surface area contributed by atoms with Gasteiger partial charge in [0.1, 0.15) is 0 Å². The molecule has 42 heavy (non-hydrogen) atoms. The van der Waals surface area contributed by atoms with E-state index in [2.05, 4.69) is 20.6 Å². The lowest BCUT2D eigenvalue weighted by atomic mass is 9.98. The molecule has 0 fully saturated rings. The summed E-state index contributed by atoms with van der Waals surface area (Å²) < 4.78 is 38.9. The van der Waals surface area contributed by atoms with Crippen LogP contribution >= 0.6 is 0 Å². The number of carbonyl (C=O) groups is 2. The van der Waals surface area contributed by atoms with E-state index in [-0.39, 0.29) is 19.4 Å². The topological polar surface area (TPSA) is 84.0 Å². The number of nitrogens with one attached hydrogen (secondary N) is 2. The van der Waals surface area contributed by atoms with Crippen LogP contribution in [0.5, 0.6) is 0 Å². The second-order valence-corrected chi connectivity index (χ2v) is 9.40. The fourth-order valence-electron chi connectivity index (χ4n) is 4.50. The number of carbonyl (C=O) groups excluding carboxylic acids is 2. The standard InChI is InChI=1S/C32H25F3N4O2.CH4/c1-2-27(28-9-5-6-16-36-28)39-30(40)22-17-21-12-15-24(18-29(21)37-19-22)38-31(41)26-8-4-3-7-25(26)20-10-13-23(14-11-20)32(33,34)35;/h3-19,27H,2H2,1H3,(H,38,41)(H,39,40);1H4/t27-;/m1./s1. The van der Waals surface area contributed by atoms with Gasteiger partial charge in [0.2, 0.25) is 0 Å². The number of hydrogen-bond donors (Lipinski definition) is 2. The summed E-state index contributed by atoms with van der Waals surface area (Å²) in [7, 11) is 0. The second kappa shape index (κ2) is 12.6. The molecule has 2 heterocycles. The van der Waals surface area contributed by atoms with Crippen molar-refractivity contribution in [3.05, 3.63) is 126 Å². The number of hydrogen-bond acceptors (Lipinski definition) is 4. The molecule has 0 unspecified atom stereocenters. The molecule has 0 aliphatic heterocycles. The monoisotopic (exact) mass is 570 g/mol. The SMILES string of the molecule is C.CC[C@@H](NC(=O)c1cnc2cc(NC(=O)c3ccccc3-c3ccc(C(F)(F)F)cc3)ccc2c1)c1ccccn1. The van der Waals surface area contributed by atoms with Gasteiger partial charge in [0.05, 0.1) is 28.4 Å². The Morgan fingerprint density at radius 2 is 1.60 bits per heavy atom. The van der Waals surface area contributed by atoms with E-state index in [1.54, 1.807) is 54.7 Å². The predicted molar refractivity (Wildman–Crippen MR) is 158 cm³/mol. The van der Waals surface area contributed by atoms with Crippen molar-refractivity contribution >= 4 is 28.4 Å². The van der Waals surface area contributed by atoms with Crippen molar-refractivity contribution in [3.8, 4) is 11.1 Å². The highest BCUT2D eigenvalue weighted by molar-refractivity contribution is 6.09. The van der Waals surface area contributed by atoms with E-state index < -0.39 is 17.6 Å². The minimum Gasteiger partial charge on any atom is -0.344 e. The Morgan fingerprint density at radius 1 is 0.857 bits per heavy atom. The molecule has 0 aliphatic rings. The summed E-state index contributed by atoms with van der Waals surface area (Å²) >= 11 is 0. The fourth-order valence-corrected chi connectivity index (χ4v) is 4.50. The smallest absolute Gasteiger partial charge is 0.344 e. The van der Waals surface area contributed by atoms with E-state index in [0.717, 1.165) is 17.8 Å². The third-order valence-corrected chi connectivity index (χ3v) is 6.66. The zero-order valence-electron chi connectivity index (χ0n) is 21.9. The number of fused-ring (bicyclic) bond motifs is 1. The molecule has 0 aliphatic carbocycles. The molecule has 2 aromatic heterocycles. The van der Waals surface area contributed by atoms with Crippen molar-refractivity contribution < 1.29 is 22.8 Å². The van der Waals surface area contributed by atoms with Crippen LogP contribution in [0, 0.1) is 0 Å². The van der Waals surface area contributed by atoms with E-state index in [9.17, 15) is 22.8 Å². The molecular weight excluding hydrogens is 541 g/mol. The van der Waals surface area contributed by atoms with E-state index in [0.29, 0.717) is 45.3 Å².